The first kappa shape index (κ1) is 7.73. The summed E-state index contributed by atoms with van der Waals surface area (Å²) in [7, 11) is 0. The van der Waals surface area contributed by atoms with E-state index in [1.165, 1.54) is 5.56 Å². The van der Waals surface area contributed by atoms with Gasteiger partial charge in [-0.1, -0.05) is 30.3 Å². The first-order valence-corrected chi connectivity index (χ1v) is 4.17. The van der Waals surface area contributed by atoms with Crippen molar-refractivity contribution in [1.29, 1.82) is 0 Å². The number of nitrogens with one attached hydrogen (secondary N) is 2. The zero-order valence-corrected chi connectivity index (χ0v) is 6.83. The van der Waals surface area contributed by atoms with Crippen LogP contribution >= 0.6 is 0 Å². The molecule has 1 saturated heterocycles. The Hall–Kier alpha value is -0.900. The molecule has 1 aromatic rings. The van der Waals surface area contributed by atoms with Crippen LogP contribution in [-0.4, -0.2) is 12.7 Å². The van der Waals surface area contributed by atoms with Crippen LogP contribution in [0.5, 0.6) is 0 Å². The van der Waals surface area contributed by atoms with Crippen molar-refractivity contribution in [3.8, 4) is 0 Å². The molecule has 3 nitrogen and oxygen atoms in total. The predicted molar refractivity (Wildman–Crippen MR) is 48.3 cm³/mol. The SMILES string of the molecule is NC1NNCC1c1ccccc1. The molecule has 2 atom stereocenters. The van der Waals surface area contributed by atoms with Crippen molar-refractivity contribution in [1.82, 2.24) is 10.9 Å². The maximum atomic E-state index is 5.84. The Bertz CT molecular complexity index is 247. The molecule has 1 aromatic carbocycles. The molecule has 1 fully saturated rings. The maximum absolute atomic E-state index is 5.84. The smallest absolute Gasteiger partial charge is 0.0761 e. The van der Waals surface area contributed by atoms with Crippen molar-refractivity contribution in [2.24, 2.45) is 5.73 Å². The molecule has 0 amide bonds. The quantitative estimate of drug-likeness (QED) is 0.553. The fourth-order valence-electron chi connectivity index (χ4n) is 1.54. The minimum absolute atomic E-state index is 0.0346. The molecule has 1 heterocycles. The topological polar surface area (TPSA) is 50.1 Å². The van der Waals surface area contributed by atoms with Crippen LogP contribution in [0, 0.1) is 0 Å². The van der Waals surface area contributed by atoms with Crippen LogP contribution in [0.4, 0.5) is 0 Å². The van der Waals surface area contributed by atoms with E-state index in [0.717, 1.165) is 6.54 Å². The highest BCUT2D eigenvalue weighted by Gasteiger charge is 2.23. The number of rotatable bonds is 1. The minimum atomic E-state index is 0.0346. The molecule has 1 aliphatic heterocycles. The molecule has 2 rings (SSSR count). The Morgan fingerprint density at radius 3 is 2.58 bits per heavy atom. The van der Waals surface area contributed by atoms with Crippen LogP contribution in [0.25, 0.3) is 0 Å². The third-order valence-electron chi connectivity index (χ3n) is 2.25. The lowest BCUT2D eigenvalue weighted by atomic mass is 9.98. The number of hydrazine groups is 1. The van der Waals surface area contributed by atoms with E-state index in [2.05, 4.69) is 23.0 Å². The molecular weight excluding hydrogens is 150 g/mol. The van der Waals surface area contributed by atoms with Crippen LogP contribution in [0.15, 0.2) is 30.3 Å². The molecule has 0 aliphatic carbocycles. The van der Waals surface area contributed by atoms with Gasteiger partial charge in [-0.2, -0.15) is 0 Å². The van der Waals surface area contributed by atoms with Crippen molar-refractivity contribution in [3.05, 3.63) is 35.9 Å². The minimum Gasteiger partial charge on any atom is -0.314 e. The summed E-state index contributed by atoms with van der Waals surface area (Å²) in [6.45, 7) is 0.908. The monoisotopic (exact) mass is 163 g/mol. The Balaban J connectivity index is 2.19. The molecule has 4 N–H and O–H groups in total. The highest BCUT2D eigenvalue weighted by molar-refractivity contribution is 5.22. The van der Waals surface area contributed by atoms with Gasteiger partial charge in [0.25, 0.3) is 0 Å². The Morgan fingerprint density at radius 2 is 2.00 bits per heavy atom. The Kier molecular flexibility index (Phi) is 2.08. The lowest BCUT2D eigenvalue weighted by Gasteiger charge is -2.13. The zero-order valence-electron chi connectivity index (χ0n) is 6.83. The fraction of sp³-hybridized carbons (Fsp3) is 0.333. The highest BCUT2D eigenvalue weighted by atomic mass is 15.4. The highest BCUT2D eigenvalue weighted by Crippen LogP contribution is 2.18. The average molecular weight is 163 g/mol. The summed E-state index contributed by atoms with van der Waals surface area (Å²) in [6, 6.07) is 10.3. The molecule has 1 aliphatic rings. The van der Waals surface area contributed by atoms with Gasteiger partial charge in [-0.15, -0.1) is 0 Å². The molecule has 64 valence electrons. The van der Waals surface area contributed by atoms with Gasteiger partial charge in [0.1, 0.15) is 0 Å². The molecule has 2 unspecified atom stereocenters. The van der Waals surface area contributed by atoms with E-state index in [9.17, 15) is 0 Å². The van der Waals surface area contributed by atoms with Gasteiger partial charge in [-0.25, -0.2) is 5.43 Å². The van der Waals surface area contributed by atoms with Crippen molar-refractivity contribution in [2.45, 2.75) is 12.1 Å². The van der Waals surface area contributed by atoms with Gasteiger partial charge in [0.2, 0.25) is 0 Å². The number of nitrogens with two attached hydrogens (primary N) is 1. The van der Waals surface area contributed by atoms with Gasteiger partial charge in [-0.05, 0) is 5.56 Å². The van der Waals surface area contributed by atoms with E-state index >= 15 is 0 Å². The summed E-state index contributed by atoms with van der Waals surface area (Å²) < 4.78 is 0. The van der Waals surface area contributed by atoms with Crippen LogP contribution < -0.4 is 16.6 Å². The molecule has 0 spiro atoms. The van der Waals surface area contributed by atoms with Gasteiger partial charge < -0.3 is 5.73 Å². The van der Waals surface area contributed by atoms with E-state index in [0.29, 0.717) is 5.92 Å². The summed E-state index contributed by atoms with van der Waals surface area (Å²) in [4.78, 5) is 0. The first-order valence-electron chi connectivity index (χ1n) is 4.17. The van der Waals surface area contributed by atoms with E-state index in [1.54, 1.807) is 0 Å². The van der Waals surface area contributed by atoms with Gasteiger partial charge in [-0.3, -0.25) is 5.43 Å². The number of hydrogen-bond donors (Lipinski definition) is 3. The molecule has 0 aromatic heterocycles. The van der Waals surface area contributed by atoms with Gasteiger partial charge in [0.15, 0.2) is 0 Å². The second-order valence-corrected chi connectivity index (χ2v) is 3.07. The summed E-state index contributed by atoms with van der Waals surface area (Å²) in [5.74, 6) is 0.395. The van der Waals surface area contributed by atoms with E-state index in [-0.39, 0.29) is 6.17 Å². The summed E-state index contributed by atoms with van der Waals surface area (Å²) >= 11 is 0. The van der Waals surface area contributed by atoms with Crippen LogP contribution in [0.3, 0.4) is 0 Å². The summed E-state index contributed by atoms with van der Waals surface area (Å²) in [5.41, 5.74) is 13.2. The molecule has 0 bridgehead atoms. The van der Waals surface area contributed by atoms with Crippen molar-refractivity contribution in [2.75, 3.05) is 6.54 Å². The largest absolute Gasteiger partial charge is 0.314 e. The standard InChI is InChI=1S/C9H13N3/c10-9-8(6-11-12-9)7-4-2-1-3-5-7/h1-5,8-9,11-12H,6,10H2. The zero-order chi connectivity index (χ0) is 8.39. The summed E-state index contributed by atoms with van der Waals surface area (Å²) in [6.07, 6.45) is 0.0346. The van der Waals surface area contributed by atoms with Gasteiger partial charge in [0.05, 0.1) is 6.17 Å². The van der Waals surface area contributed by atoms with Gasteiger partial charge in [0, 0.05) is 12.5 Å². The number of hydrogen-bond acceptors (Lipinski definition) is 3. The molecule has 12 heavy (non-hydrogen) atoms. The summed E-state index contributed by atoms with van der Waals surface area (Å²) in [5, 5.41) is 0. The lowest BCUT2D eigenvalue weighted by Crippen LogP contribution is -2.38. The fourth-order valence-corrected chi connectivity index (χ4v) is 1.54. The van der Waals surface area contributed by atoms with E-state index in [1.807, 2.05) is 18.2 Å². The molecule has 0 saturated carbocycles. The third kappa shape index (κ3) is 1.34. The lowest BCUT2D eigenvalue weighted by molar-refractivity contribution is 0.547. The second-order valence-electron chi connectivity index (χ2n) is 3.07. The van der Waals surface area contributed by atoms with Crippen LogP contribution in [0.1, 0.15) is 11.5 Å². The Morgan fingerprint density at radius 1 is 1.25 bits per heavy atom. The second kappa shape index (κ2) is 3.23. The van der Waals surface area contributed by atoms with Crippen molar-refractivity contribution >= 4 is 0 Å². The van der Waals surface area contributed by atoms with Crippen molar-refractivity contribution in [3.63, 3.8) is 0 Å². The van der Waals surface area contributed by atoms with Crippen LogP contribution in [-0.2, 0) is 0 Å². The Labute approximate surface area is 71.9 Å². The molecule has 0 radical (unpaired) electrons. The van der Waals surface area contributed by atoms with E-state index in [4.69, 9.17) is 5.73 Å². The van der Waals surface area contributed by atoms with Crippen molar-refractivity contribution < 1.29 is 0 Å². The van der Waals surface area contributed by atoms with Gasteiger partial charge >= 0.3 is 0 Å². The normalized spacial score (nSPS) is 29.1. The predicted octanol–water partition coefficient (Wildman–Crippen LogP) is 0.163. The third-order valence-corrected chi connectivity index (χ3v) is 2.25. The van der Waals surface area contributed by atoms with E-state index < -0.39 is 0 Å². The molecule has 3 heteroatoms. The molecular formula is C9H13N3. The average Bonchev–Trinajstić information content (AvgIpc) is 2.53. The number of benzene rings is 1. The van der Waals surface area contributed by atoms with Crippen LogP contribution in [0.2, 0.25) is 0 Å². The maximum Gasteiger partial charge on any atom is 0.0761 e. The first-order chi connectivity index (χ1) is 5.88.